The van der Waals surface area contributed by atoms with Gasteiger partial charge < -0.3 is 5.32 Å². The van der Waals surface area contributed by atoms with Crippen molar-refractivity contribution in [3.8, 4) is 0 Å². The van der Waals surface area contributed by atoms with Crippen LogP contribution in [0.3, 0.4) is 0 Å². The van der Waals surface area contributed by atoms with Gasteiger partial charge in [0.15, 0.2) is 10.8 Å². The topological polar surface area (TPSA) is 59.3 Å². The normalized spacial score (nSPS) is 12.4. The SMILES string of the molecule is CCC(Sc1nnc2cc(C)c3cccc(C)c3n12)C(=O)Nc1ccc(Cl)c(Cl)c1. The summed E-state index contributed by atoms with van der Waals surface area (Å²) < 4.78 is 2.04. The maximum Gasteiger partial charge on any atom is 0.237 e. The lowest BCUT2D eigenvalue weighted by molar-refractivity contribution is -0.115. The maximum absolute atomic E-state index is 12.9. The van der Waals surface area contributed by atoms with Gasteiger partial charge in [0.25, 0.3) is 0 Å². The number of hydrogen-bond donors (Lipinski definition) is 1. The van der Waals surface area contributed by atoms with Gasteiger partial charge in [0.05, 0.1) is 20.8 Å². The fourth-order valence-electron chi connectivity index (χ4n) is 3.45. The molecule has 1 N–H and O–H groups in total. The van der Waals surface area contributed by atoms with Gasteiger partial charge in [0.2, 0.25) is 5.91 Å². The van der Waals surface area contributed by atoms with Crippen LogP contribution in [0.2, 0.25) is 10.0 Å². The van der Waals surface area contributed by atoms with Crippen LogP contribution in [0.15, 0.2) is 47.6 Å². The first-order valence-electron chi connectivity index (χ1n) is 9.55. The largest absolute Gasteiger partial charge is 0.325 e. The molecule has 4 rings (SSSR count). The minimum Gasteiger partial charge on any atom is -0.325 e. The summed E-state index contributed by atoms with van der Waals surface area (Å²) in [5.41, 5.74) is 4.73. The van der Waals surface area contributed by atoms with E-state index in [1.165, 1.54) is 11.8 Å². The minimum absolute atomic E-state index is 0.120. The van der Waals surface area contributed by atoms with Crippen molar-refractivity contribution in [2.24, 2.45) is 0 Å². The molecule has 0 fully saturated rings. The van der Waals surface area contributed by atoms with Crippen molar-refractivity contribution >= 4 is 63.1 Å². The Hall–Kier alpha value is -2.28. The van der Waals surface area contributed by atoms with Crippen LogP contribution in [0.1, 0.15) is 24.5 Å². The second-order valence-corrected chi connectivity index (χ2v) is 9.09. The van der Waals surface area contributed by atoms with Crippen LogP contribution in [0.5, 0.6) is 0 Å². The minimum atomic E-state index is -0.341. The predicted octanol–water partition coefficient (Wildman–Crippen LogP) is 6.32. The summed E-state index contributed by atoms with van der Waals surface area (Å²) in [7, 11) is 0. The molecule has 0 aliphatic carbocycles. The third-order valence-corrected chi connectivity index (χ3v) is 7.03. The molecule has 8 heteroatoms. The Morgan fingerprint density at radius 3 is 2.63 bits per heavy atom. The molecule has 1 atom stereocenters. The standard InChI is InChI=1S/C22H20Cl2N4OS/c1-4-18(21(29)25-14-8-9-16(23)17(24)11-14)30-22-27-26-19-10-13(3)15-7-5-6-12(2)20(15)28(19)22/h5-11,18H,4H2,1-3H3,(H,25,29). The highest BCUT2D eigenvalue weighted by atomic mass is 35.5. The summed E-state index contributed by atoms with van der Waals surface area (Å²) in [5, 5.41) is 14.0. The number of halogens is 2. The van der Waals surface area contributed by atoms with Crippen molar-refractivity contribution in [1.82, 2.24) is 14.6 Å². The molecule has 2 aromatic carbocycles. The molecule has 0 aliphatic heterocycles. The quantitative estimate of drug-likeness (QED) is 0.355. The van der Waals surface area contributed by atoms with Crippen LogP contribution in [-0.2, 0) is 4.79 Å². The summed E-state index contributed by atoms with van der Waals surface area (Å²) in [6.07, 6.45) is 0.634. The number of pyridine rings is 1. The Morgan fingerprint density at radius 2 is 1.90 bits per heavy atom. The van der Waals surface area contributed by atoms with E-state index in [1.54, 1.807) is 18.2 Å². The number of nitrogens with one attached hydrogen (secondary N) is 1. The van der Waals surface area contributed by atoms with E-state index in [0.29, 0.717) is 27.3 Å². The number of rotatable bonds is 5. The van der Waals surface area contributed by atoms with E-state index in [4.69, 9.17) is 23.2 Å². The van der Waals surface area contributed by atoms with E-state index >= 15 is 0 Å². The molecule has 2 heterocycles. The monoisotopic (exact) mass is 458 g/mol. The van der Waals surface area contributed by atoms with Gasteiger partial charge in [-0.3, -0.25) is 9.20 Å². The summed E-state index contributed by atoms with van der Waals surface area (Å²) in [4.78, 5) is 12.9. The number of aromatic nitrogens is 3. The Labute approximate surface area is 188 Å². The van der Waals surface area contributed by atoms with Gasteiger partial charge in [-0.25, -0.2) is 0 Å². The molecule has 0 spiro atoms. The average Bonchev–Trinajstić information content (AvgIpc) is 3.11. The van der Waals surface area contributed by atoms with E-state index in [1.807, 2.05) is 23.5 Å². The van der Waals surface area contributed by atoms with Crippen LogP contribution >= 0.6 is 35.0 Å². The van der Waals surface area contributed by atoms with E-state index in [9.17, 15) is 4.79 Å². The molecular formula is C22H20Cl2N4OS. The number of carbonyl (C=O) groups excluding carboxylic acids is 1. The maximum atomic E-state index is 12.9. The van der Waals surface area contributed by atoms with Crippen molar-refractivity contribution < 1.29 is 4.79 Å². The summed E-state index contributed by atoms with van der Waals surface area (Å²) in [6, 6.07) is 13.3. The van der Waals surface area contributed by atoms with Gasteiger partial charge in [-0.15, -0.1) is 10.2 Å². The molecule has 4 aromatic rings. The van der Waals surface area contributed by atoms with Crippen LogP contribution < -0.4 is 5.32 Å². The predicted molar refractivity (Wildman–Crippen MR) is 125 cm³/mol. The molecule has 154 valence electrons. The molecular weight excluding hydrogens is 439 g/mol. The highest BCUT2D eigenvalue weighted by Gasteiger charge is 2.22. The first-order chi connectivity index (χ1) is 14.4. The number of hydrogen-bond acceptors (Lipinski definition) is 4. The number of nitrogens with zero attached hydrogens (tertiary/aromatic N) is 3. The first kappa shape index (κ1) is 21.0. The zero-order valence-electron chi connectivity index (χ0n) is 16.7. The Morgan fingerprint density at radius 1 is 1.10 bits per heavy atom. The molecule has 0 radical (unpaired) electrons. The molecule has 0 bridgehead atoms. The molecule has 0 aliphatic rings. The van der Waals surface area contributed by atoms with Gasteiger partial charge in [-0.05, 0) is 55.7 Å². The fourth-order valence-corrected chi connectivity index (χ4v) is 4.72. The van der Waals surface area contributed by atoms with Crippen molar-refractivity contribution in [3.63, 3.8) is 0 Å². The van der Waals surface area contributed by atoms with Crippen LogP contribution in [-0.4, -0.2) is 25.8 Å². The van der Waals surface area contributed by atoms with Crippen molar-refractivity contribution in [2.75, 3.05) is 5.32 Å². The van der Waals surface area contributed by atoms with Crippen molar-refractivity contribution in [3.05, 3.63) is 63.6 Å². The summed E-state index contributed by atoms with van der Waals surface area (Å²) in [6.45, 7) is 6.12. The number of amides is 1. The van der Waals surface area contributed by atoms with E-state index < -0.39 is 0 Å². The van der Waals surface area contributed by atoms with Gasteiger partial charge in [-0.2, -0.15) is 0 Å². The highest BCUT2D eigenvalue weighted by molar-refractivity contribution is 8.00. The number of carbonyl (C=O) groups is 1. The van der Waals surface area contributed by atoms with Gasteiger partial charge >= 0.3 is 0 Å². The highest BCUT2D eigenvalue weighted by Crippen LogP contribution is 2.31. The van der Waals surface area contributed by atoms with E-state index in [-0.39, 0.29) is 11.2 Å². The third-order valence-electron chi connectivity index (χ3n) is 4.99. The number of para-hydroxylation sites is 1. The van der Waals surface area contributed by atoms with Crippen LogP contribution in [0.4, 0.5) is 5.69 Å². The third kappa shape index (κ3) is 3.87. The van der Waals surface area contributed by atoms with Crippen LogP contribution in [0, 0.1) is 13.8 Å². The average molecular weight is 459 g/mol. The lowest BCUT2D eigenvalue weighted by Gasteiger charge is -2.15. The Balaban J connectivity index is 1.68. The fraction of sp³-hybridized carbons (Fsp3) is 0.227. The van der Waals surface area contributed by atoms with Crippen molar-refractivity contribution in [2.45, 2.75) is 37.6 Å². The van der Waals surface area contributed by atoms with E-state index in [0.717, 1.165) is 27.7 Å². The Bertz CT molecular complexity index is 1270. The van der Waals surface area contributed by atoms with Gasteiger partial charge in [-0.1, -0.05) is 60.1 Å². The van der Waals surface area contributed by atoms with Gasteiger partial charge in [0, 0.05) is 11.1 Å². The van der Waals surface area contributed by atoms with E-state index in [2.05, 4.69) is 41.5 Å². The number of aryl methyl sites for hydroxylation is 2. The number of fused-ring (bicyclic) bond motifs is 3. The molecule has 1 unspecified atom stereocenters. The zero-order chi connectivity index (χ0) is 21.4. The summed E-state index contributed by atoms with van der Waals surface area (Å²) >= 11 is 13.4. The number of anilines is 1. The molecule has 0 saturated carbocycles. The lowest BCUT2D eigenvalue weighted by atomic mass is 10.1. The molecule has 5 nitrogen and oxygen atoms in total. The molecule has 0 saturated heterocycles. The number of benzene rings is 2. The zero-order valence-corrected chi connectivity index (χ0v) is 19.1. The van der Waals surface area contributed by atoms with Crippen LogP contribution in [0.25, 0.3) is 16.6 Å². The summed E-state index contributed by atoms with van der Waals surface area (Å²) in [5.74, 6) is -0.120. The molecule has 30 heavy (non-hydrogen) atoms. The smallest absolute Gasteiger partial charge is 0.237 e. The number of thioether (sulfide) groups is 1. The second kappa shape index (κ2) is 8.46. The van der Waals surface area contributed by atoms with Gasteiger partial charge in [0.1, 0.15) is 0 Å². The molecule has 2 aromatic heterocycles. The first-order valence-corrected chi connectivity index (χ1v) is 11.2. The Kier molecular flexibility index (Phi) is 5.91. The molecule has 1 amide bonds. The lowest BCUT2D eigenvalue weighted by Crippen LogP contribution is -2.24. The second-order valence-electron chi connectivity index (χ2n) is 7.11. The van der Waals surface area contributed by atoms with Crippen molar-refractivity contribution in [1.29, 1.82) is 0 Å².